The van der Waals surface area contributed by atoms with Crippen LogP contribution in [-0.2, 0) is 4.74 Å². The van der Waals surface area contributed by atoms with E-state index in [1.54, 1.807) is 0 Å². The lowest BCUT2D eigenvalue weighted by Gasteiger charge is -2.29. The first-order valence-corrected chi connectivity index (χ1v) is 6.71. The molecular weight excluding hydrogens is 246 g/mol. The monoisotopic (exact) mass is 265 g/mol. The SMILES string of the molecule is CC(C)c1cccc(C(=S)N2CCOCC2)c1O. The van der Waals surface area contributed by atoms with Crippen LogP contribution in [0.5, 0.6) is 5.75 Å². The zero-order valence-electron chi connectivity index (χ0n) is 10.8. The Kier molecular flexibility index (Phi) is 4.19. The molecule has 98 valence electrons. The minimum Gasteiger partial charge on any atom is -0.507 e. The molecule has 0 aliphatic carbocycles. The van der Waals surface area contributed by atoms with Crippen molar-refractivity contribution in [2.75, 3.05) is 26.3 Å². The van der Waals surface area contributed by atoms with E-state index < -0.39 is 0 Å². The number of thiocarbonyl (C=S) groups is 1. The van der Waals surface area contributed by atoms with E-state index in [0.29, 0.717) is 19.0 Å². The summed E-state index contributed by atoms with van der Waals surface area (Å²) >= 11 is 5.48. The molecule has 0 atom stereocenters. The van der Waals surface area contributed by atoms with Gasteiger partial charge in [-0.2, -0.15) is 0 Å². The van der Waals surface area contributed by atoms with E-state index in [4.69, 9.17) is 17.0 Å². The third kappa shape index (κ3) is 2.65. The minimum atomic E-state index is 0.289. The number of nitrogens with zero attached hydrogens (tertiary/aromatic N) is 1. The van der Waals surface area contributed by atoms with Gasteiger partial charge in [0.1, 0.15) is 10.7 Å². The van der Waals surface area contributed by atoms with Gasteiger partial charge in [-0.15, -0.1) is 0 Å². The van der Waals surface area contributed by atoms with Crippen LogP contribution in [0, 0.1) is 0 Å². The van der Waals surface area contributed by atoms with Gasteiger partial charge >= 0.3 is 0 Å². The summed E-state index contributed by atoms with van der Waals surface area (Å²) in [4.78, 5) is 2.82. The van der Waals surface area contributed by atoms with Gasteiger partial charge in [-0.1, -0.05) is 38.2 Å². The highest BCUT2D eigenvalue weighted by Crippen LogP contribution is 2.30. The molecule has 0 saturated carbocycles. The standard InChI is InChI=1S/C14H19NO2S/c1-10(2)11-4-3-5-12(13(11)16)14(18)15-6-8-17-9-7-15/h3-5,10,16H,6-9H2,1-2H3. The summed E-state index contributed by atoms with van der Waals surface area (Å²) < 4.78 is 5.31. The fourth-order valence-electron chi connectivity index (χ4n) is 2.14. The molecule has 0 unspecified atom stereocenters. The molecule has 1 aromatic rings. The van der Waals surface area contributed by atoms with E-state index in [0.717, 1.165) is 29.2 Å². The quantitative estimate of drug-likeness (QED) is 0.833. The molecule has 0 aromatic heterocycles. The Hall–Kier alpha value is -1.13. The van der Waals surface area contributed by atoms with Gasteiger partial charge in [0.2, 0.25) is 0 Å². The topological polar surface area (TPSA) is 32.7 Å². The van der Waals surface area contributed by atoms with E-state index in [2.05, 4.69) is 18.7 Å². The fraction of sp³-hybridized carbons (Fsp3) is 0.500. The van der Waals surface area contributed by atoms with Crippen LogP contribution in [0.2, 0.25) is 0 Å². The number of aromatic hydroxyl groups is 1. The van der Waals surface area contributed by atoms with Crippen molar-refractivity contribution in [3.63, 3.8) is 0 Å². The Morgan fingerprint density at radius 1 is 1.33 bits per heavy atom. The largest absolute Gasteiger partial charge is 0.507 e. The molecule has 1 fully saturated rings. The van der Waals surface area contributed by atoms with Gasteiger partial charge in [0.25, 0.3) is 0 Å². The summed E-state index contributed by atoms with van der Waals surface area (Å²) in [5.74, 6) is 0.612. The molecule has 18 heavy (non-hydrogen) atoms. The molecule has 1 N–H and O–H groups in total. The van der Waals surface area contributed by atoms with Crippen molar-refractivity contribution in [2.24, 2.45) is 0 Å². The highest BCUT2D eigenvalue weighted by Gasteiger charge is 2.19. The smallest absolute Gasteiger partial charge is 0.129 e. The summed E-state index contributed by atoms with van der Waals surface area (Å²) in [5, 5.41) is 10.3. The fourth-order valence-corrected chi connectivity index (χ4v) is 2.48. The van der Waals surface area contributed by atoms with Gasteiger partial charge < -0.3 is 14.7 Å². The van der Waals surface area contributed by atoms with Gasteiger partial charge in [-0.25, -0.2) is 0 Å². The highest BCUT2D eigenvalue weighted by atomic mass is 32.1. The molecule has 1 aliphatic rings. The first-order valence-electron chi connectivity index (χ1n) is 6.30. The van der Waals surface area contributed by atoms with E-state index in [1.165, 1.54) is 0 Å². The maximum absolute atomic E-state index is 10.3. The van der Waals surface area contributed by atoms with Gasteiger partial charge in [-0.05, 0) is 17.5 Å². The predicted octanol–water partition coefficient (Wildman–Crippen LogP) is 2.52. The Bertz CT molecular complexity index is 439. The maximum atomic E-state index is 10.3. The van der Waals surface area contributed by atoms with Crippen molar-refractivity contribution in [2.45, 2.75) is 19.8 Å². The number of ether oxygens (including phenoxy) is 1. The number of benzene rings is 1. The molecule has 1 heterocycles. The zero-order chi connectivity index (χ0) is 13.1. The number of phenols is 1. The predicted molar refractivity (Wildman–Crippen MR) is 76.3 cm³/mol. The normalized spacial score (nSPS) is 16.1. The van der Waals surface area contributed by atoms with E-state index in [-0.39, 0.29) is 5.92 Å². The Labute approximate surface area is 113 Å². The number of hydrogen-bond donors (Lipinski definition) is 1. The minimum absolute atomic E-state index is 0.289. The third-order valence-corrected chi connectivity index (χ3v) is 3.70. The summed E-state index contributed by atoms with van der Waals surface area (Å²) in [6.07, 6.45) is 0. The maximum Gasteiger partial charge on any atom is 0.129 e. The average Bonchev–Trinajstić information content (AvgIpc) is 2.39. The Balaban J connectivity index is 2.27. The van der Waals surface area contributed by atoms with Crippen LogP contribution in [-0.4, -0.2) is 41.3 Å². The summed E-state index contributed by atoms with van der Waals surface area (Å²) in [6, 6.07) is 5.79. The van der Waals surface area contributed by atoms with Crippen molar-refractivity contribution in [3.8, 4) is 5.75 Å². The van der Waals surface area contributed by atoms with E-state index >= 15 is 0 Å². The van der Waals surface area contributed by atoms with Crippen LogP contribution in [0.3, 0.4) is 0 Å². The van der Waals surface area contributed by atoms with Crippen LogP contribution in [0.1, 0.15) is 30.9 Å². The van der Waals surface area contributed by atoms with Crippen molar-refractivity contribution < 1.29 is 9.84 Å². The molecule has 0 spiro atoms. The number of rotatable bonds is 2. The second-order valence-electron chi connectivity index (χ2n) is 4.80. The summed E-state index contributed by atoms with van der Waals surface area (Å²) in [6.45, 7) is 7.12. The van der Waals surface area contributed by atoms with Gasteiger partial charge in [0.15, 0.2) is 0 Å². The molecule has 1 saturated heterocycles. The van der Waals surface area contributed by atoms with Crippen LogP contribution in [0.4, 0.5) is 0 Å². The van der Waals surface area contributed by atoms with E-state index in [9.17, 15) is 5.11 Å². The Morgan fingerprint density at radius 3 is 2.61 bits per heavy atom. The van der Waals surface area contributed by atoms with Crippen molar-refractivity contribution in [1.82, 2.24) is 4.90 Å². The second kappa shape index (κ2) is 5.67. The zero-order valence-corrected chi connectivity index (χ0v) is 11.7. The second-order valence-corrected chi connectivity index (χ2v) is 5.19. The van der Waals surface area contributed by atoms with Gasteiger partial charge in [0.05, 0.1) is 18.8 Å². The molecule has 1 aromatic carbocycles. The van der Waals surface area contributed by atoms with Crippen LogP contribution in [0.15, 0.2) is 18.2 Å². The van der Waals surface area contributed by atoms with Gasteiger partial charge in [-0.3, -0.25) is 0 Å². The highest BCUT2D eigenvalue weighted by molar-refractivity contribution is 7.80. The van der Waals surface area contributed by atoms with Crippen molar-refractivity contribution >= 4 is 17.2 Å². The van der Waals surface area contributed by atoms with Crippen molar-refractivity contribution in [3.05, 3.63) is 29.3 Å². The Morgan fingerprint density at radius 2 is 2.00 bits per heavy atom. The lowest BCUT2D eigenvalue weighted by atomic mass is 9.99. The van der Waals surface area contributed by atoms with Crippen LogP contribution in [0.25, 0.3) is 0 Å². The lowest BCUT2D eigenvalue weighted by Crippen LogP contribution is -2.40. The van der Waals surface area contributed by atoms with Crippen LogP contribution < -0.4 is 0 Å². The summed E-state index contributed by atoms with van der Waals surface area (Å²) in [7, 11) is 0. The molecule has 3 nitrogen and oxygen atoms in total. The third-order valence-electron chi connectivity index (χ3n) is 3.22. The molecule has 4 heteroatoms. The molecule has 0 bridgehead atoms. The van der Waals surface area contributed by atoms with Gasteiger partial charge in [0, 0.05) is 13.1 Å². The molecule has 1 aliphatic heterocycles. The number of para-hydroxylation sites is 1. The molecule has 2 rings (SSSR count). The molecular formula is C14H19NO2S. The van der Waals surface area contributed by atoms with Crippen molar-refractivity contribution in [1.29, 1.82) is 0 Å². The molecule has 0 radical (unpaired) electrons. The average molecular weight is 265 g/mol. The van der Waals surface area contributed by atoms with E-state index in [1.807, 2.05) is 18.2 Å². The van der Waals surface area contributed by atoms with Crippen LogP contribution >= 0.6 is 12.2 Å². The number of hydrogen-bond acceptors (Lipinski definition) is 3. The first kappa shape index (κ1) is 13.3. The molecule has 0 amide bonds. The first-order chi connectivity index (χ1) is 8.61. The summed E-state index contributed by atoms with van der Waals surface area (Å²) in [5.41, 5.74) is 1.71. The number of morpholine rings is 1. The number of phenolic OH excluding ortho intramolecular Hbond substituents is 1. The lowest BCUT2D eigenvalue weighted by molar-refractivity contribution is 0.0692.